The Morgan fingerprint density at radius 3 is 2.60 bits per heavy atom. The molecule has 2 atom stereocenters. The summed E-state index contributed by atoms with van der Waals surface area (Å²) in [6.07, 6.45) is 1.32. The second-order valence-electron chi connectivity index (χ2n) is 6.92. The van der Waals surface area contributed by atoms with Gasteiger partial charge in [0, 0.05) is 19.8 Å². The maximum atomic E-state index is 13.6. The van der Waals surface area contributed by atoms with Gasteiger partial charge >= 0.3 is 5.91 Å². The highest BCUT2D eigenvalue weighted by Gasteiger charge is 2.81. The minimum atomic E-state index is -1.74. The van der Waals surface area contributed by atoms with Crippen LogP contribution in [0.1, 0.15) is 5.69 Å². The zero-order valence-electron chi connectivity index (χ0n) is 15.8. The predicted molar refractivity (Wildman–Crippen MR) is 106 cm³/mol. The zero-order valence-corrected chi connectivity index (χ0v) is 16.6. The first kappa shape index (κ1) is 18.9. The number of carbonyl (C=O) groups is 1. The fourth-order valence-electron chi connectivity index (χ4n) is 3.75. The molecule has 0 aliphatic carbocycles. The third-order valence-electron chi connectivity index (χ3n) is 5.30. The van der Waals surface area contributed by atoms with E-state index in [2.05, 4.69) is 10.1 Å². The van der Waals surface area contributed by atoms with Crippen LogP contribution in [-0.2, 0) is 19.9 Å². The van der Waals surface area contributed by atoms with Crippen LogP contribution in [0.5, 0.6) is 0 Å². The molecule has 2 aromatic carbocycles. The van der Waals surface area contributed by atoms with Gasteiger partial charge in [0.15, 0.2) is 5.69 Å². The number of ether oxygens (including phenoxy) is 2. The van der Waals surface area contributed by atoms with Crippen molar-refractivity contribution in [2.24, 2.45) is 5.10 Å². The number of benzene rings is 2. The minimum Gasteiger partial charge on any atom is -0.343 e. The number of rotatable bonds is 3. The normalized spacial score (nSPS) is 24.9. The van der Waals surface area contributed by atoms with Crippen LogP contribution in [0.25, 0.3) is 16.7 Å². The number of nitrogens with zero attached hydrogens (tertiary/aromatic N) is 4. The third-order valence-corrected chi connectivity index (χ3v) is 5.60. The molecule has 3 heterocycles. The Bertz CT molecular complexity index is 1310. The molecule has 30 heavy (non-hydrogen) atoms. The van der Waals surface area contributed by atoms with Gasteiger partial charge in [0.05, 0.1) is 16.8 Å². The average molecular weight is 429 g/mol. The third kappa shape index (κ3) is 2.28. The number of para-hydroxylation sites is 1. The maximum Gasteiger partial charge on any atom is 0.306 e. The van der Waals surface area contributed by atoms with Crippen molar-refractivity contribution in [3.63, 3.8) is 0 Å². The number of carbonyl (C=O) groups excluding carboxylic acids is 1. The van der Waals surface area contributed by atoms with Gasteiger partial charge in [-0.15, -0.1) is 0 Å². The Kier molecular flexibility index (Phi) is 3.88. The first-order valence-electron chi connectivity index (χ1n) is 8.91. The first-order valence-corrected chi connectivity index (χ1v) is 9.29. The molecule has 5 rings (SSSR count). The van der Waals surface area contributed by atoms with Crippen molar-refractivity contribution in [2.45, 2.75) is 11.4 Å². The Hall–Kier alpha value is -3.14. The second kappa shape index (κ2) is 6.18. The lowest BCUT2D eigenvalue weighted by Gasteiger charge is -2.23. The molecule has 0 spiro atoms. The van der Waals surface area contributed by atoms with E-state index in [1.807, 2.05) is 0 Å². The lowest BCUT2D eigenvalue weighted by molar-refractivity contribution is -0.153. The van der Waals surface area contributed by atoms with E-state index in [1.54, 1.807) is 18.2 Å². The van der Waals surface area contributed by atoms with Crippen LogP contribution in [0.4, 0.5) is 4.39 Å². The molecule has 1 amide bonds. The molecule has 8 nitrogen and oxygen atoms in total. The van der Waals surface area contributed by atoms with Crippen LogP contribution in [0, 0.1) is 5.82 Å². The fraction of sp³-hybridized carbons (Fsp3) is 0.200. The number of likely N-dealkylation sites (N-methyl/N-ethyl adjacent to an activating group) is 1. The van der Waals surface area contributed by atoms with E-state index in [0.29, 0.717) is 21.7 Å². The summed E-state index contributed by atoms with van der Waals surface area (Å²) in [6, 6.07) is 10.4. The lowest BCUT2D eigenvalue weighted by atomic mass is 9.97. The molecule has 0 N–H and O–H groups in total. The molecule has 152 valence electrons. The summed E-state index contributed by atoms with van der Waals surface area (Å²) in [7, 11) is 2.76. The highest BCUT2D eigenvalue weighted by atomic mass is 35.5. The van der Waals surface area contributed by atoms with Crippen molar-refractivity contribution in [3.8, 4) is 5.69 Å². The summed E-state index contributed by atoms with van der Waals surface area (Å²) < 4.78 is 25.9. The van der Waals surface area contributed by atoms with Crippen molar-refractivity contribution in [2.75, 3.05) is 14.2 Å². The molecule has 2 aliphatic heterocycles. The molecule has 0 bridgehead atoms. The van der Waals surface area contributed by atoms with Crippen LogP contribution in [0.2, 0.25) is 5.02 Å². The molecule has 1 aromatic heterocycles. The molecule has 10 heteroatoms. The molecular formula is C20H14ClFN4O4. The van der Waals surface area contributed by atoms with E-state index in [9.17, 15) is 14.0 Å². The van der Waals surface area contributed by atoms with Gasteiger partial charge in [-0.2, -0.15) is 5.10 Å². The largest absolute Gasteiger partial charge is 0.343 e. The summed E-state index contributed by atoms with van der Waals surface area (Å²) >= 11 is 6.37. The lowest BCUT2D eigenvalue weighted by Crippen LogP contribution is -2.48. The number of methoxy groups -OCH3 is 1. The molecule has 0 saturated carbocycles. The van der Waals surface area contributed by atoms with Crippen molar-refractivity contribution < 1.29 is 18.7 Å². The number of aromatic nitrogens is 2. The highest BCUT2D eigenvalue weighted by Crippen LogP contribution is 2.56. The molecule has 2 unspecified atom stereocenters. The van der Waals surface area contributed by atoms with Gasteiger partial charge in [0.1, 0.15) is 11.3 Å². The van der Waals surface area contributed by atoms with Crippen LogP contribution in [0.3, 0.4) is 0 Å². The van der Waals surface area contributed by atoms with Gasteiger partial charge in [0.25, 0.3) is 11.3 Å². The molecule has 1 saturated heterocycles. The summed E-state index contributed by atoms with van der Waals surface area (Å²) in [5.74, 6) is -2.76. The fourth-order valence-corrected chi connectivity index (χ4v) is 3.96. The van der Waals surface area contributed by atoms with Crippen LogP contribution >= 0.6 is 11.6 Å². The minimum absolute atomic E-state index is 0.112. The van der Waals surface area contributed by atoms with Crippen LogP contribution in [0.15, 0.2) is 52.4 Å². The summed E-state index contributed by atoms with van der Waals surface area (Å²) in [4.78, 5) is 30.8. The first-order chi connectivity index (χ1) is 14.3. The smallest absolute Gasteiger partial charge is 0.306 e. The number of hydrazone groups is 1. The van der Waals surface area contributed by atoms with E-state index >= 15 is 0 Å². The van der Waals surface area contributed by atoms with E-state index in [0.717, 1.165) is 5.01 Å². The van der Waals surface area contributed by atoms with Gasteiger partial charge in [-0.3, -0.25) is 14.2 Å². The van der Waals surface area contributed by atoms with Crippen molar-refractivity contribution in [3.05, 3.63) is 69.4 Å². The summed E-state index contributed by atoms with van der Waals surface area (Å²) in [5, 5.41) is 5.38. The molecule has 2 aliphatic rings. The standard InChI is InChI=1S/C20H14ClFN4O4/c1-25-18(28)20(29-2)19(30-20,10-23-25)16-17(27)26(12-8-6-11(22)7-9-12)14-5-3-4-13(21)15(14)24-16/h3-10H,1-2H3. The molecular weight excluding hydrogens is 415 g/mol. The Morgan fingerprint density at radius 2 is 1.90 bits per heavy atom. The van der Waals surface area contributed by atoms with Crippen molar-refractivity contribution >= 4 is 34.8 Å². The van der Waals surface area contributed by atoms with E-state index in [1.165, 1.54) is 49.2 Å². The van der Waals surface area contributed by atoms with Gasteiger partial charge in [-0.05, 0) is 36.4 Å². The molecule has 1 fully saturated rings. The maximum absolute atomic E-state index is 13.6. The Morgan fingerprint density at radius 1 is 1.17 bits per heavy atom. The van der Waals surface area contributed by atoms with Gasteiger partial charge in [-0.25, -0.2) is 14.4 Å². The zero-order chi connectivity index (χ0) is 21.3. The number of hydrogen-bond acceptors (Lipinski definition) is 6. The quantitative estimate of drug-likeness (QED) is 0.597. The highest BCUT2D eigenvalue weighted by molar-refractivity contribution is 6.34. The van der Waals surface area contributed by atoms with Crippen LogP contribution in [-0.4, -0.2) is 46.6 Å². The topological polar surface area (TPSA) is 89.3 Å². The summed E-state index contributed by atoms with van der Waals surface area (Å²) in [5.41, 5.74) is -1.16. The Balaban J connectivity index is 1.86. The van der Waals surface area contributed by atoms with Crippen molar-refractivity contribution in [1.29, 1.82) is 0 Å². The van der Waals surface area contributed by atoms with E-state index < -0.39 is 28.7 Å². The number of halogens is 2. The van der Waals surface area contributed by atoms with Gasteiger partial charge in [-0.1, -0.05) is 17.7 Å². The van der Waals surface area contributed by atoms with Crippen LogP contribution < -0.4 is 5.56 Å². The monoisotopic (exact) mass is 428 g/mol. The second-order valence-corrected chi connectivity index (χ2v) is 7.32. The predicted octanol–water partition coefficient (Wildman–Crippen LogP) is 2.20. The molecule has 3 aromatic rings. The average Bonchev–Trinajstić information content (AvgIpc) is 3.43. The van der Waals surface area contributed by atoms with Crippen molar-refractivity contribution in [1.82, 2.24) is 14.6 Å². The van der Waals surface area contributed by atoms with Gasteiger partial charge in [0.2, 0.25) is 5.60 Å². The Labute approximate surface area is 174 Å². The van der Waals surface area contributed by atoms with E-state index in [4.69, 9.17) is 21.1 Å². The number of epoxide rings is 1. The molecule has 0 radical (unpaired) electrons. The van der Waals surface area contributed by atoms with Gasteiger partial charge < -0.3 is 9.47 Å². The SMILES string of the molecule is COC12OC1(c1nc3c(Cl)cccc3n(-c3ccc(F)cc3)c1=O)C=NN(C)C2=O. The number of hydrogen-bond donors (Lipinski definition) is 0. The number of amides is 1. The summed E-state index contributed by atoms with van der Waals surface area (Å²) in [6.45, 7) is 0. The van der Waals surface area contributed by atoms with E-state index in [-0.39, 0.29) is 5.69 Å². The number of fused-ring (bicyclic) bond motifs is 2.